The summed E-state index contributed by atoms with van der Waals surface area (Å²) < 4.78 is 17.9. The van der Waals surface area contributed by atoms with Gasteiger partial charge in [0.1, 0.15) is 36.6 Å². The van der Waals surface area contributed by atoms with E-state index in [9.17, 15) is 15.3 Å². The molecule has 0 unspecified atom stereocenters. The normalized spacial score (nSPS) is 27.4. The monoisotopic (exact) mass is 450 g/mol. The van der Waals surface area contributed by atoms with Gasteiger partial charge >= 0.3 is 0 Å². The molecule has 1 aliphatic rings. The smallest absolute Gasteiger partial charge is 0.115 e. The Morgan fingerprint density at radius 3 is 1.12 bits per heavy atom. The molecule has 6 heteroatoms. The summed E-state index contributed by atoms with van der Waals surface area (Å²) in [5.74, 6) is 0. The second kappa shape index (κ2) is 11.5. The predicted octanol–water partition coefficient (Wildman–Crippen LogP) is 2.84. The molecule has 0 bridgehead atoms. The van der Waals surface area contributed by atoms with Crippen LogP contribution in [0.5, 0.6) is 0 Å². The topological polar surface area (TPSA) is 88.4 Å². The van der Waals surface area contributed by atoms with Gasteiger partial charge in [-0.3, -0.25) is 0 Å². The third kappa shape index (κ3) is 6.06. The van der Waals surface area contributed by atoms with Crippen LogP contribution < -0.4 is 0 Å². The number of rotatable bonds is 9. The highest BCUT2D eigenvalue weighted by Crippen LogP contribution is 2.30. The molecule has 6 atom stereocenters. The van der Waals surface area contributed by atoms with Crippen molar-refractivity contribution >= 4 is 0 Å². The van der Waals surface area contributed by atoms with Gasteiger partial charge in [0.15, 0.2) is 0 Å². The molecule has 0 saturated heterocycles. The maximum absolute atomic E-state index is 11.1. The van der Waals surface area contributed by atoms with Crippen molar-refractivity contribution < 1.29 is 29.5 Å². The van der Waals surface area contributed by atoms with Gasteiger partial charge in [-0.05, 0) is 16.7 Å². The molecular formula is C27H30O6. The highest BCUT2D eigenvalue weighted by atomic mass is 16.6. The number of hydrogen-bond acceptors (Lipinski definition) is 6. The zero-order valence-corrected chi connectivity index (χ0v) is 18.3. The lowest BCUT2D eigenvalue weighted by Crippen LogP contribution is -2.65. The summed E-state index contributed by atoms with van der Waals surface area (Å²) in [4.78, 5) is 0. The maximum Gasteiger partial charge on any atom is 0.115 e. The predicted molar refractivity (Wildman–Crippen MR) is 123 cm³/mol. The Labute approximate surface area is 194 Å². The Bertz CT molecular complexity index is 952. The third-order valence-corrected chi connectivity index (χ3v) is 5.88. The fraction of sp³-hybridized carbons (Fsp3) is 0.333. The average Bonchev–Trinajstić information content (AvgIpc) is 2.86. The minimum absolute atomic E-state index is 0.188. The fourth-order valence-corrected chi connectivity index (χ4v) is 4.05. The zero-order chi connectivity index (χ0) is 23.0. The Hall–Kier alpha value is -2.58. The highest BCUT2D eigenvalue weighted by Gasteiger charge is 2.51. The van der Waals surface area contributed by atoms with Gasteiger partial charge < -0.3 is 29.5 Å². The van der Waals surface area contributed by atoms with E-state index in [4.69, 9.17) is 14.2 Å². The molecule has 0 amide bonds. The molecule has 0 aliphatic heterocycles. The molecule has 0 radical (unpaired) electrons. The molecule has 1 saturated carbocycles. The SMILES string of the molecule is O[C@@H]1[C@@H](O)[C@@H](OCc2ccccc2)[C@@H](OCc2ccccc2)[C@H](O)[C@H]1OCc1ccccc1. The lowest BCUT2D eigenvalue weighted by atomic mass is 9.84. The quantitative estimate of drug-likeness (QED) is 0.465. The summed E-state index contributed by atoms with van der Waals surface area (Å²) >= 11 is 0. The van der Waals surface area contributed by atoms with Gasteiger partial charge in [-0.2, -0.15) is 0 Å². The van der Waals surface area contributed by atoms with E-state index >= 15 is 0 Å². The van der Waals surface area contributed by atoms with Crippen LogP contribution in [0.1, 0.15) is 16.7 Å². The first kappa shape index (κ1) is 23.6. The van der Waals surface area contributed by atoms with Crippen LogP contribution >= 0.6 is 0 Å². The van der Waals surface area contributed by atoms with Gasteiger partial charge in [0.05, 0.1) is 19.8 Å². The van der Waals surface area contributed by atoms with E-state index in [-0.39, 0.29) is 19.8 Å². The van der Waals surface area contributed by atoms with E-state index in [0.717, 1.165) is 16.7 Å². The molecule has 1 aliphatic carbocycles. The Kier molecular flexibility index (Phi) is 8.23. The molecule has 0 heterocycles. The molecule has 0 spiro atoms. The molecule has 0 aromatic heterocycles. The first-order valence-electron chi connectivity index (χ1n) is 11.1. The molecule has 174 valence electrons. The van der Waals surface area contributed by atoms with Gasteiger partial charge in [-0.25, -0.2) is 0 Å². The van der Waals surface area contributed by atoms with Crippen molar-refractivity contribution in [1.82, 2.24) is 0 Å². The van der Waals surface area contributed by atoms with E-state index in [1.165, 1.54) is 0 Å². The van der Waals surface area contributed by atoms with E-state index in [2.05, 4.69) is 0 Å². The molecule has 3 aromatic rings. The standard InChI is InChI=1S/C27H30O6/c28-22-23(29)26(32-17-20-12-6-2-7-13-20)27(33-18-21-14-8-3-9-15-21)24(30)25(22)31-16-19-10-4-1-5-11-19/h1-15,22-30H,16-18H2/t22-,23-,24-,25+,26-,27+/m1/s1. The minimum atomic E-state index is -1.33. The first-order valence-corrected chi connectivity index (χ1v) is 11.1. The summed E-state index contributed by atoms with van der Waals surface area (Å²) in [6.07, 6.45) is -6.68. The van der Waals surface area contributed by atoms with E-state index in [0.29, 0.717) is 0 Å². The number of aliphatic hydroxyl groups excluding tert-OH is 3. The minimum Gasteiger partial charge on any atom is -0.387 e. The summed E-state index contributed by atoms with van der Waals surface area (Å²) in [6.45, 7) is 0.623. The fourth-order valence-electron chi connectivity index (χ4n) is 4.05. The number of ether oxygens (including phenoxy) is 3. The average molecular weight is 451 g/mol. The van der Waals surface area contributed by atoms with Crippen LogP contribution in [-0.2, 0) is 34.0 Å². The van der Waals surface area contributed by atoms with Crippen molar-refractivity contribution in [3.63, 3.8) is 0 Å². The van der Waals surface area contributed by atoms with Gasteiger partial charge in [0, 0.05) is 0 Å². The second-order valence-corrected chi connectivity index (χ2v) is 8.26. The van der Waals surface area contributed by atoms with Crippen LogP contribution in [0.25, 0.3) is 0 Å². The van der Waals surface area contributed by atoms with Crippen molar-refractivity contribution in [2.24, 2.45) is 0 Å². The lowest BCUT2D eigenvalue weighted by Gasteiger charge is -2.45. The van der Waals surface area contributed by atoms with Crippen LogP contribution in [-0.4, -0.2) is 51.9 Å². The van der Waals surface area contributed by atoms with Crippen molar-refractivity contribution in [2.45, 2.75) is 56.4 Å². The summed E-state index contributed by atoms with van der Waals surface area (Å²) in [5.41, 5.74) is 2.74. The van der Waals surface area contributed by atoms with Crippen LogP contribution in [0.15, 0.2) is 91.0 Å². The van der Waals surface area contributed by atoms with E-state index in [1.54, 1.807) is 0 Å². The molecule has 3 N–H and O–H groups in total. The number of benzene rings is 3. The summed E-state index contributed by atoms with van der Waals surface area (Å²) in [5, 5.41) is 32.8. The van der Waals surface area contributed by atoms with Crippen molar-refractivity contribution in [2.75, 3.05) is 0 Å². The van der Waals surface area contributed by atoms with Crippen LogP contribution in [0, 0.1) is 0 Å². The highest BCUT2D eigenvalue weighted by molar-refractivity contribution is 5.16. The molecule has 6 nitrogen and oxygen atoms in total. The van der Waals surface area contributed by atoms with Gasteiger partial charge in [-0.1, -0.05) is 91.0 Å². The molecule has 33 heavy (non-hydrogen) atoms. The van der Waals surface area contributed by atoms with Gasteiger partial charge in [-0.15, -0.1) is 0 Å². The van der Waals surface area contributed by atoms with E-state index < -0.39 is 36.6 Å². The Balaban J connectivity index is 1.49. The van der Waals surface area contributed by atoms with Crippen molar-refractivity contribution in [1.29, 1.82) is 0 Å². The van der Waals surface area contributed by atoms with Crippen LogP contribution in [0.3, 0.4) is 0 Å². The lowest BCUT2D eigenvalue weighted by molar-refractivity contribution is -0.262. The van der Waals surface area contributed by atoms with Gasteiger partial charge in [0.2, 0.25) is 0 Å². The first-order chi connectivity index (χ1) is 16.1. The van der Waals surface area contributed by atoms with Crippen molar-refractivity contribution in [3.05, 3.63) is 108 Å². The Morgan fingerprint density at radius 2 is 0.727 bits per heavy atom. The summed E-state index contributed by atoms with van der Waals surface area (Å²) in [6, 6.07) is 28.6. The molecular weight excluding hydrogens is 420 g/mol. The summed E-state index contributed by atoms with van der Waals surface area (Å²) in [7, 11) is 0. The van der Waals surface area contributed by atoms with E-state index in [1.807, 2.05) is 91.0 Å². The second-order valence-electron chi connectivity index (χ2n) is 8.26. The van der Waals surface area contributed by atoms with Gasteiger partial charge in [0.25, 0.3) is 0 Å². The molecule has 4 rings (SSSR count). The Morgan fingerprint density at radius 1 is 0.424 bits per heavy atom. The zero-order valence-electron chi connectivity index (χ0n) is 18.3. The van der Waals surface area contributed by atoms with Crippen LogP contribution in [0.2, 0.25) is 0 Å². The van der Waals surface area contributed by atoms with Crippen molar-refractivity contribution in [3.8, 4) is 0 Å². The molecule has 1 fully saturated rings. The molecule has 3 aromatic carbocycles. The maximum atomic E-state index is 11.1. The van der Waals surface area contributed by atoms with Crippen LogP contribution in [0.4, 0.5) is 0 Å². The largest absolute Gasteiger partial charge is 0.387 e. The number of aliphatic hydroxyl groups is 3. The third-order valence-electron chi connectivity index (χ3n) is 5.88. The number of hydrogen-bond donors (Lipinski definition) is 3.